The lowest BCUT2D eigenvalue weighted by atomic mass is 9.97. The van der Waals surface area contributed by atoms with Crippen molar-refractivity contribution in [3.8, 4) is 0 Å². The molecule has 20 heavy (non-hydrogen) atoms. The van der Waals surface area contributed by atoms with Gasteiger partial charge >= 0.3 is 6.03 Å². The summed E-state index contributed by atoms with van der Waals surface area (Å²) < 4.78 is 0. The first-order valence-corrected chi connectivity index (χ1v) is 7.41. The molecule has 2 heterocycles. The summed E-state index contributed by atoms with van der Waals surface area (Å²) in [4.78, 5) is 39.4. The zero-order chi connectivity index (χ0) is 14.7. The molecule has 0 radical (unpaired) electrons. The Morgan fingerprint density at radius 1 is 1.25 bits per heavy atom. The van der Waals surface area contributed by atoms with E-state index in [2.05, 4.69) is 10.2 Å². The standard InChI is InChI=1S/C14H23N3O3/c1-3-6-11-12(18)15-14(20)17(13(11)19)9-10-7-4-5-8-16(10)2/h10-11H,3-9H2,1-2H3,(H,15,18,20). The van der Waals surface area contributed by atoms with Gasteiger partial charge in [-0.25, -0.2) is 4.79 Å². The molecule has 1 N–H and O–H groups in total. The zero-order valence-electron chi connectivity index (χ0n) is 12.2. The number of rotatable bonds is 4. The average molecular weight is 281 g/mol. The molecule has 2 saturated heterocycles. The molecule has 2 aliphatic rings. The van der Waals surface area contributed by atoms with Gasteiger partial charge in [0, 0.05) is 12.6 Å². The van der Waals surface area contributed by atoms with Crippen molar-refractivity contribution in [3.63, 3.8) is 0 Å². The number of piperidine rings is 1. The molecular formula is C14H23N3O3. The molecule has 2 atom stereocenters. The van der Waals surface area contributed by atoms with Crippen LogP contribution in [0.2, 0.25) is 0 Å². The molecule has 2 aliphatic heterocycles. The van der Waals surface area contributed by atoms with E-state index in [0.717, 1.165) is 32.2 Å². The second-order valence-corrected chi connectivity index (χ2v) is 5.71. The number of amides is 4. The van der Waals surface area contributed by atoms with E-state index in [0.29, 0.717) is 13.0 Å². The SMILES string of the molecule is CCCC1C(=O)NC(=O)N(CC2CCCCN2C)C1=O. The van der Waals surface area contributed by atoms with E-state index in [9.17, 15) is 14.4 Å². The van der Waals surface area contributed by atoms with Crippen LogP contribution in [0.1, 0.15) is 39.0 Å². The van der Waals surface area contributed by atoms with Gasteiger partial charge in [0.05, 0.1) is 0 Å². The Morgan fingerprint density at radius 3 is 2.65 bits per heavy atom. The molecule has 112 valence electrons. The van der Waals surface area contributed by atoms with Crippen LogP contribution in [0.4, 0.5) is 4.79 Å². The van der Waals surface area contributed by atoms with E-state index in [1.807, 2.05) is 14.0 Å². The highest BCUT2D eigenvalue weighted by atomic mass is 16.2. The maximum absolute atomic E-state index is 12.3. The van der Waals surface area contributed by atoms with E-state index in [4.69, 9.17) is 0 Å². The van der Waals surface area contributed by atoms with E-state index < -0.39 is 17.9 Å². The summed E-state index contributed by atoms with van der Waals surface area (Å²) in [7, 11) is 2.02. The normalized spacial score (nSPS) is 28.7. The summed E-state index contributed by atoms with van der Waals surface area (Å²) in [5.74, 6) is -1.48. The van der Waals surface area contributed by atoms with Gasteiger partial charge in [-0.1, -0.05) is 19.8 Å². The number of barbiturate groups is 1. The van der Waals surface area contributed by atoms with Gasteiger partial charge in [-0.15, -0.1) is 0 Å². The van der Waals surface area contributed by atoms with Gasteiger partial charge in [0.25, 0.3) is 0 Å². The first-order valence-electron chi connectivity index (χ1n) is 7.41. The minimum atomic E-state index is -0.702. The summed E-state index contributed by atoms with van der Waals surface area (Å²) in [6.45, 7) is 3.30. The average Bonchev–Trinajstić information content (AvgIpc) is 2.41. The van der Waals surface area contributed by atoms with Crippen LogP contribution in [0.25, 0.3) is 0 Å². The molecule has 0 aromatic rings. The van der Waals surface area contributed by atoms with Crippen LogP contribution in [0.3, 0.4) is 0 Å². The lowest BCUT2D eigenvalue weighted by molar-refractivity contribution is -0.143. The second kappa shape index (κ2) is 6.35. The number of carbonyl (C=O) groups excluding carboxylic acids is 3. The highest BCUT2D eigenvalue weighted by Gasteiger charge is 2.40. The lowest BCUT2D eigenvalue weighted by Crippen LogP contribution is -2.60. The van der Waals surface area contributed by atoms with Gasteiger partial charge in [-0.2, -0.15) is 0 Å². The largest absolute Gasteiger partial charge is 0.330 e. The van der Waals surface area contributed by atoms with Crippen LogP contribution in [-0.2, 0) is 9.59 Å². The van der Waals surface area contributed by atoms with Crippen molar-refractivity contribution in [3.05, 3.63) is 0 Å². The monoisotopic (exact) mass is 281 g/mol. The van der Waals surface area contributed by atoms with Gasteiger partial charge in [0.15, 0.2) is 0 Å². The topological polar surface area (TPSA) is 69.7 Å². The van der Waals surface area contributed by atoms with Crippen LogP contribution in [0.15, 0.2) is 0 Å². The predicted octanol–water partition coefficient (Wildman–Crippen LogP) is 0.965. The van der Waals surface area contributed by atoms with Gasteiger partial charge < -0.3 is 4.90 Å². The molecule has 0 aliphatic carbocycles. The number of likely N-dealkylation sites (N-methyl/N-ethyl adjacent to an activating group) is 1. The first-order chi connectivity index (χ1) is 9.54. The molecule has 0 saturated carbocycles. The fraction of sp³-hybridized carbons (Fsp3) is 0.786. The molecule has 2 unspecified atom stereocenters. The number of hydrogen-bond acceptors (Lipinski definition) is 4. The summed E-state index contributed by atoms with van der Waals surface area (Å²) in [5.41, 5.74) is 0. The Balaban J connectivity index is 2.06. The van der Waals surface area contributed by atoms with Crippen molar-refractivity contribution in [2.75, 3.05) is 20.1 Å². The highest BCUT2D eigenvalue weighted by Crippen LogP contribution is 2.20. The molecule has 6 heteroatoms. The molecule has 0 bridgehead atoms. The summed E-state index contributed by atoms with van der Waals surface area (Å²) in [6.07, 6.45) is 4.50. The van der Waals surface area contributed by atoms with Crippen molar-refractivity contribution in [2.24, 2.45) is 5.92 Å². The number of urea groups is 1. The third-order valence-electron chi connectivity index (χ3n) is 4.25. The van der Waals surface area contributed by atoms with Crippen LogP contribution < -0.4 is 5.32 Å². The predicted molar refractivity (Wildman–Crippen MR) is 73.9 cm³/mol. The fourth-order valence-corrected chi connectivity index (χ4v) is 2.96. The molecule has 0 spiro atoms. The van der Waals surface area contributed by atoms with Crippen molar-refractivity contribution in [1.82, 2.24) is 15.1 Å². The Labute approximate surface area is 119 Å². The summed E-state index contributed by atoms with van der Waals surface area (Å²) in [5, 5.41) is 2.31. The molecule has 2 rings (SSSR count). The maximum Gasteiger partial charge on any atom is 0.330 e. The zero-order valence-corrected chi connectivity index (χ0v) is 12.2. The number of nitrogens with zero attached hydrogens (tertiary/aromatic N) is 2. The lowest BCUT2D eigenvalue weighted by Gasteiger charge is -2.37. The Morgan fingerprint density at radius 2 is 2.00 bits per heavy atom. The molecule has 2 fully saturated rings. The number of likely N-dealkylation sites (tertiary alicyclic amines) is 1. The maximum atomic E-state index is 12.3. The van der Waals surface area contributed by atoms with Crippen molar-refractivity contribution in [2.45, 2.75) is 45.1 Å². The van der Waals surface area contributed by atoms with Gasteiger partial charge in [-0.3, -0.25) is 19.8 Å². The van der Waals surface area contributed by atoms with Crippen LogP contribution in [0, 0.1) is 5.92 Å². The van der Waals surface area contributed by atoms with E-state index in [1.165, 1.54) is 4.90 Å². The van der Waals surface area contributed by atoms with Gasteiger partial charge in [0.1, 0.15) is 5.92 Å². The Hall–Kier alpha value is -1.43. The van der Waals surface area contributed by atoms with E-state index in [1.54, 1.807) is 0 Å². The first kappa shape index (κ1) is 15.0. The van der Waals surface area contributed by atoms with Gasteiger partial charge in [0.2, 0.25) is 11.8 Å². The molecule has 4 amide bonds. The molecular weight excluding hydrogens is 258 g/mol. The quantitative estimate of drug-likeness (QED) is 0.779. The molecule has 6 nitrogen and oxygen atoms in total. The number of hydrogen-bond donors (Lipinski definition) is 1. The molecule has 0 aromatic carbocycles. The van der Waals surface area contributed by atoms with Gasteiger partial charge in [-0.05, 0) is 32.9 Å². The summed E-state index contributed by atoms with van der Waals surface area (Å²) >= 11 is 0. The highest BCUT2D eigenvalue weighted by molar-refractivity contribution is 6.16. The van der Waals surface area contributed by atoms with Crippen molar-refractivity contribution >= 4 is 17.8 Å². The fourth-order valence-electron chi connectivity index (χ4n) is 2.96. The van der Waals surface area contributed by atoms with Crippen LogP contribution in [-0.4, -0.2) is 53.8 Å². The second-order valence-electron chi connectivity index (χ2n) is 5.71. The van der Waals surface area contributed by atoms with E-state index in [-0.39, 0.29) is 11.9 Å². The van der Waals surface area contributed by atoms with Crippen molar-refractivity contribution in [1.29, 1.82) is 0 Å². The number of nitrogens with one attached hydrogen (secondary N) is 1. The molecule has 0 aromatic heterocycles. The number of imide groups is 2. The van der Waals surface area contributed by atoms with E-state index >= 15 is 0 Å². The minimum absolute atomic E-state index is 0.203. The van der Waals surface area contributed by atoms with Crippen molar-refractivity contribution < 1.29 is 14.4 Å². The Bertz CT molecular complexity index is 410. The minimum Gasteiger partial charge on any atom is -0.302 e. The van der Waals surface area contributed by atoms with Crippen LogP contribution in [0.5, 0.6) is 0 Å². The number of carbonyl (C=O) groups is 3. The summed E-state index contributed by atoms with van der Waals surface area (Å²) in [6, 6.07) is -0.361. The smallest absolute Gasteiger partial charge is 0.302 e. The third kappa shape index (κ3) is 3.00. The Kier molecular flexibility index (Phi) is 4.75. The third-order valence-corrected chi connectivity index (χ3v) is 4.25. The van der Waals surface area contributed by atoms with Crippen LogP contribution >= 0.6 is 0 Å².